The molecule has 0 saturated heterocycles. The molecule has 2 aromatic heterocycles. The summed E-state index contributed by atoms with van der Waals surface area (Å²) in [5.74, 6) is -0.112. The minimum atomic E-state index is -0.762. The Morgan fingerprint density at radius 2 is 1.93 bits per heavy atom. The van der Waals surface area contributed by atoms with Crippen molar-refractivity contribution >= 4 is 11.8 Å². The summed E-state index contributed by atoms with van der Waals surface area (Å²) in [6, 6.07) is 15.5. The number of pyridine rings is 1. The van der Waals surface area contributed by atoms with Gasteiger partial charge in [0.15, 0.2) is 5.76 Å². The van der Waals surface area contributed by atoms with E-state index >= 15 is 0 Å². The van der Waals surface area contributed by atoms with Crippen LogP contribution in [0.25, 0.3) is 0 Å². The van der Waals surface area contributed by atoms with E-state index in [4.69, 9.17) is 9.15 Å². The van der Waals surface area contributed by atoms with Crippen LogP contribution in [-0.2, 0) is 17.8 Å². The first-order valence-corrected chi connectivity index (χ1v) is 9.40. The number of hydrogen-bond donors (Lipinski definition) is 2. The molecular formula is C22H23N3O4. The van der Waals surface area contributed by atoms with E-state index in [1.807, 2.05) is 43.3 Å². The molecule has 0 aliphatic rings. The van der Waals surface area contributed by atoms with Gasteiger partial charge in [-0.1, -0.05) is 36.4 Å². The van der Waals surface area contributed by atoms with Crippen LogP contribution < -0.4 is 15.4 Å². The Bertz CT molecular complexity index is 926. The normalized spacial score (nSPS) is 11.5. The van der Waals surface area contributed by atoms with E-state index in [9.17, 15) is 9.59 Å². The van der Waals surface area contributed by atoms with Crippen LogP contribution in [0.5, 0.6) is 5.88 Å². The number of carbonyl (C=O) groups is 2. The molecule has 1 aromatic carbocycles. The summed E-state index contributed by atoms with van der Waals surface area (Å²) in [6.07, 6.45) is 3.40. The monoisotopic (exact) mass is 393 g/mol. The van der Waals surface area contributed by atoms with Gasteiger partial charge in [0.05, 0.1) is 12.9 Å². The second-order valence-electron chi connectivity index (χ2n) is 6.31. The van der Waals surface area contributed by atoms with Crippen LogP contribution >= 0.6 is 0 Å². The van der Waals surface area contributed by atoms with E-state index in [1.165, 1.54) is 6.26 Å². The van der Waals surface area contributed by atoms with Gasteiger partial charge in [-0.15, -0.1) is 0 Å². The first-order chi connectivity index (χ1) is 14.2. The second-order valence-corrected chi connectivity index (χ2v) is 6.31. The molecule has 0 aliphatic heterocycles. The minimum Gasteiger partial charge on any atom is -0.478 e. The lowest BCUT2D eigenvalue weighted by Gasteiger charge is -2.18. The number of nitrogens with zero attached hydrogens (tertiary/aromatic N) is 1. The summed E-state index contributed by atoms with van der Waals surface area (Å²) < 4.78 is 10.6. The maximum absolute atomic E-state index is 12.9. The van der Waals surface area contributed by atoms with Crippen LogP contribution in [0.2, 0.25) is 0 Å². The molecule has 1 atom stereocenters. The van der Waals surface area contributed by atoms with Gasteiger partial charge < -0.3 is 19.8 Å². The highest BCUT2D eigenvalue weighted by Gasteiger charge is 2.23. The van der Waals surface area contributed by atoms with Gasteiger partial charge in [0.25, 0.3) is 5.91 Å². The van der Waals surface area contributed by atoms with Gasteiger partial charge in [0.2, 0.25) is 11.8 Å². The number of furan rings is 1. The molecule has 0 radical (unpaired) electrons. The number of nitrogens with one attached hydrogen (secondary N) is 2. The van der Waals surface area contributed by atoms with Crippen molar-refractivity contribution in [2.75, 3.05) is 6.61 Å². The summed E-state index contributed by atoms with van der Waals surface area (Å²) in [5, 5.41) is 5.62. The van der Waals surface area contributed by atoms with E-state index in [2.05, 4.69) is 15.6 Å². The van der Waals surface area contributed by atoms with Crippen molar-refractivity contribution in [3.63, 3.8) is 0 Å². The maximum Gasteiger partial charge on any atom is 0.287 e. The van der Waals surface area contributed by atoms with E-state index < -0.39 is 11.9 Å². The fraction of sp³-hybridized carbons (Fsp3) is 0.227. The van der Waals surface area contributed by atoms with Crippen LogP contribution in [0.1, 0.15) is 28.6 Å². The Kier molecular flexibility index (Phi) is 7.00. The lowest BCUT2D eigenvalue weighted by molar-refractivity contribution is -0.123. The SMILES string of the molecule is CCOc1ncccc1CNC(=O)C(Cc1ccccc1)NC(=O)c1ccco1. The summed E-state index contributed by atoms with van der Waals surface area (Å²) in [6.45, 7) is 2.59. The first kappa shape index (κ1) is 20.1. The quantitative estimate of drug-likeness (QED) is 0.583. The highest BCUT2D eigenvalue weighted by Crippen LogP contribution is 2.14. The average molecular weight is 393 g/mol. The summed E-state index contributed by atoms with van der Waals surface area (Å²) >= 11 is 0. The van der Waals surface area contributed by atoms with Crippen molar-refractivity contribution in [2.24, 2.45) is 0 Å². The zero-order valence-corrected chi connectivity index (χ0v) is 16.1. The van der Waals surface area contributed by atoms with Crippen LogP contribution in [0, 0.1) is 0 Å². The van der Waals surface area contributed by atoms with Gasteiger partial charge in [0.1, 0.15) is 6.04 Å². The minimum absolute atomic E-state index is 0.154. The maximum atomic E-state index is 12.9. The average Bonchev–Trinajstić information content (AvgIpc) is 3.28. The molecule has 7 nitrogen and oxygen atoms in total. The third-order valence-electron chi connectivity index (χ3n) is 4.23. The molecule has 0 saturated carbocycles. The zero-order chi connectivity index (χ0) is 20.5. The fourth-order valence-corrected chi connectivity index (χ4v) is 2.83. The number of carbonyl (C=O) groups excluding carboxylic acids is 2. The molecule has 3 aromatic rings. The molecule has 1 unspecified atom stereocenters. The van der Waals surface area contributed by atoms with Gasteiger partial charge in [0, 0.05) is 24.7 Å². The molecule has 2 amide bonds. The summed E-state index contributed by atoms with van der Waals surface area (Å²) in [7, 11) is 0. The number of benzene rings is 1. The van der Waals surface area contributed by atoms with Gasteiger partial charge in [-0.2, -0.15) is 0 Å². The van der Waals surface area contributed by atoms with Crippen LogP contribution in [-0.4, -0.2) is 29.4 Å². The smallest absolute Gasteiger partial charge is 0.287 e. The predicted molar refractivity (Wildman–Crippen MR) is 107 cm³/mol. The third-order valence-corrected chi connectivity index (χ3v) is 4.23. The molecule has 0 spiro atoms. The predicted octanol–water partition coefficient (Wildman–Crippen LogP) is 2.73. The Balaban J connectivity index is 1.70. The van der Waals surface area contributed by atoms with Gasteiger partial charge >= 0.3 is 0 Å². The number of ether oxygens (including phenoxy) is 1. The van der Waals surface area contributed by atoms with E-state index in [0.717, 1.165) is 11.1 Å². The molecular weight excluding hydrogens is 370 g/mol. The van der Waals surface area contributed by atoms with E-state index in [0.29, 0.717) is 18.9 Å². The number of rotatable bonds is 9. The highest BCUT2D eigenvalue weighted by molar-refractivity contribution is 5.95. The Hall–Kier alpha value is -3.61. The largest absolute Gasteiger partial charge is 0.478 e. The molecule has 0 fully saturated rings. The number of aromatic nitrogens is 1. The molecule has 3 rings (SSSR count). The fourth-order valence-electron chi connectivity index (χ4n) is 2.83. The third kappa shape index (κ3) is 5.68. The molecule has 7 heteroatoms. The molecule has 0 aliphatic carbocycles. The summed E-state index contributed by atoms with van der Waals surface area (Å²) in [4.78, 5) is 29.5. The second kappa shape index (κ2) is 10.1. The van der Waals surface area contributed by atoms with E-state index in [1.54, 1.807) is 24.4 Å². The molecule has 0 bridgehead atoms. The van der Waals surface area contributed by atoms with Crippen LogP contribution in [0.4, 0.5) is 0 Å². The van der Waals surface area contributed by atoms with Crippen molar-refractivity contribution in [3.8, 4) is 5.88 Å². The number of amides is 2. The van der Waals surface area contributed by atoms with Crippen molar-refractivity contribution < 1.29 is 18.7 Å². The molecule has 29 heavy (non-hydrogen) atoms. The van der Waals surface area contributed by atoms with E-state index in [-0.39, 0.29) is 18.2 Å². The Labute approximate surface area is 169 Å². The standard InChI is InChI=1S/C22H23N3O4/c1-2-28-22-17(10-6-12-23-22)15-24-20(26)18(14-16-8-4-3-5-9-16)25-21(27)19-11-7-13-29-19/h3-13,18H,2,14-15H2,1H3,(H,24,26)(H,25,27). The van der Waals surface area contributed by atoms with Crippen molar-refractivity contribution in [3.05, 3.63) is 83.9 Å². The number of hydrogen-bond acceptors (Lipinski definition) is 5. The Morgan fingerprint density at radius 1 is 1.10 bits per heavy atom. The summed E-state index contributed by atoms with van der Waals surface area (Å²) in [5.41, 5.74) is 1.70. The van der Waals surface area contributed by atoms with Gasteiger partial charge in [-0.25, -0.2) is 4.98 Å². The molecule has 2 N–H and O–H groups in total. The van der Waals surface area contributed by atoms with Crippen LogP contribution in [0.3, 0.4) is 0 Å². The van der Waals surface area contributed by atoms with Crippen LogP contribution in [0.15, 0.2) is 71.5 Å². The zero-order valence-electron chi connectivity index (χ0n) is 16.1. The molecule has 2 heterocycles. The lowest BCUT2D eigenvalue weighted by atomic mass is 10.0. The molecule has 150 valence electrons. The van der Waals surface area contributed by atoms with Gasteiger partial charge in [-0.05, 0) is 30.7 Å². The Morgan fingerprint density at radius 3 is 2.66 bits per heavy atom. The van der Waals surface area contributed by atoms with Crippen molar-refractivity contribution in [1.82, 2.24) is 15.6 Å². The lowest BCUT2D eigenvalue weighted by Crippen LogP contribution is -2.47. The van der Waals surface area contributed by atoms with Gasteiger partial charge in [-0.3, -0.25) is 9.59 Å². The first-order valence-electron chi connectivity index (χ1n) is 9.40. The van der Waals surface area contributed by atoms with Crippen molar-refractivity contribution in [2.45, 2.75) is 25.9 Å². The topological polar surface area (TPSA) is 93.5 Å². The van der Waals surface area contributed by atoms with Crippen molar-refractivity contribution in [1.29, 1.82) is 0 Å². The highest BCUT2D eigenvalue weighted by atomic mass is 16.5.